The molecule has 0 aliphatic carbocycles. The van der Waals surface area contributed by atoms with Crippen LogP contribution >= 0.6 is 0 Å². The summed E-state index contributed by atoms with van der Waals surface area (Å²) >= 11 is 0. The molecule has 3 N–H and O–H groups in total. The van der Waals surface area contributed by atoms with Crippen molar-refractivity contribution < 1.29 is 38.1 Å². The lowest BCUT2D eigenvalue weighted by molar-refractivity contribution is -0.124. The molecule has 0 aromatic heterocycles. The second-order valence-electron chi connectivity index (χ2n) is 16.5. The summed E-state index contributed by atoms with van der Waals surface area (Å²) in [7, 11) is -2.34. The standard InChI is InChI=1S/C42H67N3O8Si/c1-12-31(8)38(44-40(48)50-27-32-16-14-13-15-17-32)39(47)43-24-22-36(53-54(28(2)3,29(4)5)30(6)7)33-18-20-34(21-19-33)51-37-23-25-45(35(37)26-46)41(49)52-42(9,10)11/h13-21,28-31,35-38,46H,12,22-27H2,1-11H3,(H,43,47)(H,44,48)/t31?,35-,36?,37-,38+/m1/s1. The quantitative estimate of drug-likeness (QED) is 0.129. The molecule has 302 valence electrons. The summed E-state index contributed by atoms with van der Waals surface area (Å²) in [5, 5.41) is 16.1. The van der Waals surface area contributed by atoms with Crippen LogP contribution in [-0.4, -0.2) is 79.9 Å². The molecule has 0 saturated carbocycles. The fourth-order valence-electron chi connectivity index (χ4n) is 7.64. The van der Waals surface area contributed by atoms with Gasteiger partial charge in [0.2, 0.25) is 14.2 Å². The van der Waals surface area contributed by atoms with Crippen molar-refractivity contribution in [2.45, 2.75) is 149 Å². The normalized spacial score (nSPS) is 18.0. The Morgan fingerprint density at radius 2 is 1.54 bits per heavy atom. The Kier molecular flexibility index (Phi) is 16.9. The number of rotatable bonds is 18. The first kappa shape index (κ1) is 44.8. The maximum absolute atomic E-state index is 13.6. The first-order chi connectivity index (χ1) is 25.4. The third kappa shape index (κ3) is 12.2. The molecule has 54 heavy (non-hydrogen) atoms. The number of amides is 3. The van der Waals surface area contributed by atoms with Crippen molar-refractivity contribution in [1.82, 2.24) is 15.5 Å². The molecule has 0 spiro atoms. The van der Waals surface area contributed by atoms with E-state index in [4.69, 9.17) is 18.6 Å². The Hall–Kier alpha value is -3.61. The van der Waals surface area contributed by atoms with Crippen LogP contribution in [-0.2, 0) is 25.3 Å². The van der Waals surface area contributed by atoms with E-state index >= 15 is 0 Å². The van der Waals surface area contributed by atoms with Gasteiger partial charge in [-0.1, -0.05) is 104 Å². The van der Waals surface area contributed by atoms with Crippen molar-refractivity contribution in [2.75, 3.05) is 19.7 Å². The van der Waals surface area contributed by atoms with Gasteiger partial charge in [-0.3, -0.25) is 9.69 Å². The number of aliphatic hydroxyl groups excluding tert-OH is 1. The first-order valence-corrected chi connectivity index (χ1v) is 21.9. The molecule has 11 nitrogen and oxygen atoms in total. The van der Waals surface area contributed by atoms with E-state index in [1.54, 1.807) is 4.90 Å². The maximum Gasteiger partial charge on any atom is 0.410 e. The predicted molar refractivity (Wildman–Crippen MR) is 215 cm³/mol. The molecule has 2 aromatic carbocycles. The maximum atomic E-state index is 13.6. The van der Waals surface area contributed by atoms with Crippen LogP contribution in [0.15, 0.2) is 54.6 Å². The zero-order chi connectivity index (χ0) is 40.2. The molecule has 3 amide bonds. The highest BCUT2D eigenvalue weighted by atomic mass is 28.4. The molecular formula is C42H67N3O8Si. The Bertz CT molecular complexity index is 1440. The summed E-state index contributed by atoms with van der Waals surface area (Å²) < 4.78 is 24.6. The molecule has 3 rings (SSSR count). The summed E-state index contributed by atoms with van der Waals surface area (Å²) in [6.45, 7) is 23.5. The predicted octanol–water partition coefficient (Wildman–Crippen LogP) is 8.52. The van der Waals surface area contributed by atoms with Gasteiger partial charge >= 0.3 is 12.2 Å². The van der Waals surface area contributed by atoms with E-state index in [9.17, 15) is 19.5 Å². The second-order valence-corrected chi connectivity index (χ2v) is 21.9. The summed E-state index contributed by atoms with van der Waals surface area (Å²) in [6.07, 6.45) is 0.00659. The summed E-state index contributed by atoms with van der Waals surface area (Å²) in [6, 6.07) is 16.0. The number of alkyl carbamates (subject to hydrolysis) is 1. The van der Waals surface area contributed by atoms with Gasteiger partial charge in [-0.25, -0.2) is 9.59 Å². The zero-order valence-electron chi connectivity index (χ0n) is 34.5. The number of ether oxygens (including phenoxy) is 3. The molecule has 1 aliphatic rings. The van der Waals surface area contributed by atoms with Gasteiger partial charge in [0, 0.05) is 19.5 Å². The van der Waals surface area contributed by atoms with E-state index in [2.05, 4.69) is 52.2 Å². The number of nitrogens with zero attached hydrogens (tertiary/aromatic N) is 1. The number of likely N-dealkylation sites (tertiary alicyclic amines) is 1. The van der Waals surface area contributed by atoms with Crippen molar-refractivity contribution in [1.29, 1.82) is 0 Å². The third-order valence-corrected chi connectivity index (χ3v) is 16.7. The Morgan fingerprint density at radius 1 is 0.926 bits per heavy atom. The molecule has 0 radical (unpaired) electrons. The van der Waals surface area contributed by atoms with Crippen LogP contribution in [0.25, 0.3) is 0 Å². The monoisotopic (exact) mass is 769 g/mol. The van der Waals surface area contributed by atoms with Gasteiger partial charge < -0.3 is 34.4 Å². The molecule has 2 unspecified atom stereocenters. The molecule has 1 aliphatic heterocycles. The first-order valence-electron chi connectivity index (χ1n) is 19.7. The third-order valence-electron chi connectivity index (χ3n) is 10.6. The minimum absolute atomic E-state index is 0.113. The molecule has 1 fully saturated rings. The van der Waals surface area contributed by atoms with Crippen molar-refractivity contribution in [3.8, 4) is 5.75 Å². The van der Waals surface area contributed by atoms with Crippen LogP contribution in [0.1, 0.15) is 113 Å². The average Bonchev–Trinajstić information content (AvgIpc) is 3.53. The van der Waals surface area contributed by atoms with Crippen LogP contribution in [0.3, 0.4) is 0 Å². The van der Waals surface area contributed by atoms with E-state index in [0.717, 1.165) is 11.1 Å². The molecule has 2 aromatic rings. The lowest BCUT2D eigenvalue weighted by atomic mass is 9.98. The SMILES string of the molecule is CCC(C)[C@H](NC(=O)OCc1ccccc1)C(=O)NCCC(O[Si](C(C)C)(C(C)C)C(C)C)c1ccc(O[C@@H]2CCN(C(=O)OC(C)(C)C)[C@@H]2CO)cc1. The largest absolute Gasteiger partial charge is 0.488 e. The molecule has 5 atom stereocenters. The van der Waals surface area contributed by atoms with Crippen LogP contribution < -0.4 is 15.4 Å². The molecule has 12 heteroatoms. The van der Waals surface area contributed by atoms with Crippen LogP contribution in [0.4, 0.5) is 9.59 Å². The lowest BCUT2D eigenvalue weighted by Crippen LogP contribution is -2.51. The van der Waals surface area contributed by atoms with E-state index in [0.29, 0.717) is 54.7 Å². The summed E-state index contributed by atoms with van der Waals surface area (Å²) in [5.41, 5.74) is 2.25. The minimum Gasteiger partial charge on any atom is -0.488 e. The topological polar surface area (TPSA) is 136 Å². The number of carbonyl (C=O) groups is 3. The van der Waals surface area contributed by atoms with Crippen LogP contribution in [0, 0.1) is 5.92 Å². The number of hydrogen-bond donors (Lipinski definition) is 3. The summed E-state index contributed by atoms with van der Waals surface area (Å²) in [5.74, 6) is 0.249. The average molecular weight is 770 g/mol. The Labute approximate surface area is 325 Å². The number of carbonyl (C=O) groups excluding carboxylic acids is 3. The smallest absolute Gasteiger partial charge is 0.410 e. The van der Waals surface area contributed by atoms with Gasteiger partial charge in [0.1, 0.15) is 30.1 Å². The fraction of sp³-hybridized carbons (Fsp3) is 0.643. The van der Waals surface area contributed by atoms with Crippen LogP contribution in [0.5, 0.6) is 5.75 Å². The van der Waals surface area contributed by atoms with E-state index in [1.165, 1.54) is 0 Å². The Balaban J connectivity index is 1.77. The molecule has 1 saturated heterocycles. The van der Waals surface area contributed by atoms with Crippen molar-refractivity contribution in [3.05, 3.63) is 65.7 Å². The van der Waals surface area contributed by atoms with E-state index in [-0.39, 0.29) is 37.2 Å². The number of benzene rings is 2. The van der Waals surface area contributed by atoms with Crippen molar-refractivity contribution >= 4 is 26.4 Å². The zero-order valence-corrected chi connectivity index (χ0v) is 35.5. The number of nitrogens with one attached hydrogen (secondary N) is 2. The summed E-state index contributed by atoms with van der Waals surface area (Å²) in [4.78, 5) is 40.7. The number of hydrogen-bond acceptors (Lipinski definition) is 8. The van der Waals surface area contributed by atoms with Gasteiger partial charge in [-0.2, -0.15) is 0 Å². The van der Waals surface area contributed by atoms with E-state index < -0.39 is 38.2 Å². The second kappa shape index (κ2) is 20.3. The van der Waals surface area contributed by atoms with Gasteiger partial charge in [0.15, 0.2) is 0 Å². The molecule has 0 bridgehead atoms. The highest BCUT2D eigenvalue weighted by molar-refractivity contribution is 6.77. The van der Waals surface area contributed by atoms with Crippen molar-refractivity contribution in [3.63, 3.8) is 0 Å². The van der Waals surface area contributed by atoms with Crippen molar-refractivity contribution in [2.24, 2.45) is 5.92 Å². The minimum atomic E-state index is -2.34. The Morgan fingerprint density at radius 3 is 2.07 bits per heavy atom. The molecular weight excluding hydrogens is 703 g/mol. The fourth-order valence-corrected chi connectivity index (χ4v) is 13.2. The van der Waals surface area contributed by atoms with Gasteiger partial charge in [0.05, 0.1) is 18.8 Å². The van der Waals surface area contributed by atoms with Crippen LogP contribution in [0.2, 0.25) is 16.6 Å². The van der Waals surface area contributed by atoms with Gasteiger partial charge in [0.25, 0.3) is 0 Å². The number of aliphatic hydroxyl groups is 1. The van der Waals surface area contributed by atoms with Gasteiger partial charge in [-0.05, 0) is 73.0 Å². The lowest BCUT2D eigenvalue weighted by Gasteiger charge is -2.45. The molecule has 1 heterocycles. The highest BCUT2D eigenvalue weighted by Crippen LogP contribution is 2.46. The van der Waals surface area contributed by atoms with E-state index in [1.807, 2.05) is 89.2 Å². The van der Waals surface area contributed by atoms with Gasteiger partial charge in [-0.15, -0.1) is 0 Å². The highest BCUT2D eigenvalue weighted by Gasteiger charge is 2.47.